The summed E-state index contributed by atoms with van der Waals surface area (Å²) in [4.78, 5) is 11.3. The smallest absolute Gasteiger partial charge is 0.137 e. The summed E-state index contributed by atoms with van der Waals surface area (Å²) in [5.41, 5.74) is 2.19. The molecular formula is C22H23ClN4O. The lowest BCUT2D eigenvalue weighted by molar-refractivity contribution is 0.483. The molecule has 2 heterocycles. The van der Waals surface area contributed by atoms with Crippen LogP contribution in [0.25, 0.3) is 0 Å². The monoisotopic (exact) mass is 394 g/mol. The van der Waals surface area contributed by atoms with Crippen molar-refractivity contribution >= 4 is 23.1 Å². The summed E-state index contributed by atoms with van der Waals surface area (Å²) in [6.45, 7) is 2.93. The highest BCUT2D eigenvalue weighted by Gasteiger charge is 2.23. The normalized spacial score (nSPS) is 16.2. The topological polar surface area (TPSA) is 50.3 Å². The fraction of sp³-hybridized carbons (Fsp3) is 0.273. The molecule has 5 nitrogen and oxygen atoms in total. The molecular weight excluding hydrogens is 372 g/mol. The number of ether oxygens (including phenoxy) is 1. The Morgan fingerprint density at radius 1 is 1.07 bits per heavy atom. The Labute approximate surface area is 170 Å². The van der Waals surface area contributed by atoms with Crippen molar-refractivity contribution in [1.29, 1.82) is 0 Å². The number of hydrogen-bond acceptors (Lipinski definition) is 5. The van der Waals surface area contributed by atoms with E-state index < -0.39 is 0 Å². The van der Waals surface area contributed by atoms with Gasteiger partial charge in [-0.25, -0.2) is 9.97 Å². The highest BCUT2D eigenvalue weighted by Crippen LogP contribution is 2.33. The van der Waals surface area contributed by atoms with Gasteiger partial charge < -0.3 is 15.0 Å². The maximum atomic E-state index is 5.92. The molecule has 3 aromatic rings. The summed E-state index contributed by atoms with van der Waals surface area (Å²) in [6.07, 6.45) is 4.09. The minimum atomic E-state index is 0.184. The quantitative estimate of drug-likeness (QED) is 0.622. The first kappa shape index (κ1) is 18.6. The summed E-state index contributed by atoms with van der Waals surface area (Å²) >= 11 is 5.92. The number of anilines is 2. The Morgan fingerprint density at radius 2 is 1.75 bits per heavy atom. The first-order chi connectivity index (χ1) is 13.6. The van der Waals surface area contributed by atoms with E-state index in [4.69, 9.17) is 16.3 Å². The van der Waals surface area contributed by atoms with Gasteiger partial charge in [0.25, 0.3) is 0 Å². The van der Waals surface area contributed by atoms with Gasteiger partial charge in [-0.15, -0.1) is 0 Å². The molecule has 0 spiro atoms. The lowest BCUT2D eigenvalue weighted by atomic mass is 10.0. The number of aryl methyl sites for hydroxylation is 1. The summed E-state index contributed by atoms with van der Waals surface area (Å²) in [6, 6.07) is 15.5. The Hall–Kier alpha value is -2.79. The third-order valence-corrected chi connectivity index (χ3v) is 5.14. The van der Waals surface area contributed by atoms with E-state index in [1.54, 1.807) is 0 Å². The Bertz CT molecular complexity index is 944. The molecule has 2 aromatic carbocycles. The van der Waals surface area contributed by atoms with Crippen molar-refractivity contribution in [2.75, 3.05) is 23.8 Å². The van der Waals surface area contributed by atoms with Gasteiger partial charge in [0, 0.05) is 36.1 Å². The van der Waals surface area contributed by atoms with E-state index in [-0.39, 0.29) is 6.04 Å². The van der Waals surface area contributed by atoms with E-state index in [0.717, 1.165) is 53.8 Å². The molecule has 1 aromatic heterocycles. The predicted molar refractivity (Wildman–Crippen MR) is 114 cm³/mol. The van der Waals surface area contributed by atoms with E-state index in [9.17, 15) is 0 Å². The van der Waals surface area contributed by atoms with E-state index in [1.807, 2.05) is 61.7 Å². The van der Waals surface area contributed by atoms with Crippen molar-refractivity contribution in [3.8, 4) is 11.5 Å². The molecule has 0 bridgehead atoms. The van der Waals surface area contributed by atoms with E-state index in [0.29, 0.717) is 5.02 Å². The fourth-order valence-corrected chi connectivity index (χ4v) is 3.55. The molecule has 28 heavy (non-hydrogen) atoms. The highest BCUT2D eigenvalue weighted by molar-refractivity contribution is 6.30. The molecule has 144 valence electrons. The average Bonchev–Trinajstić information content (AvgIpc) is 2.84. The molecule has 4 rings (SSSR count). The van der Waals surface area contributed by atoms with Gasteiger partial charge in [-0.05, 0) is 68.3 Å². The van der Waals surface area contributed by atoms with Gasteiger partial charge in [0.2, 0.25) is 0 Å². The van der Waals surface area contributed by atoms with Crippen molar-refractivity contribution in [1.82, 2.24) is 9.97 Å². The minimum Gasteiger partial charge on any atom is -0.457 e. The third kappa shape index (κ3) is 4.20. The van der Waals surface area contributed by atoms with Gasteiger partial charge in [0.1, 0.15) is 23.1 Å². The molecule has 0 amide bonds. The molecule has 1 atom stereocenters. The van der Waals surface area contributed by atoms with Crippen LogP contribution in [0.15, 0.2) is 54.7 Å². The standard InChI is InChI=1S/C22H23ClN4O/c1-15-24-14-20-21(4-3-13-27(2)22(20)25-15)26-17-7-11-19(12-8-17)28-18-9-5-16(23)6-10-18/h5-12,14,21,26H,3-4,13H2,1-2H3. The largest absolute Gasteiger partial charge is 0.457 e. The van der Waals surface area contributed by atoms with Crippen LogP contribution in [0.1, 0.15) is 30.3 Å². The second kappa shape index (κ2) is 8.07. The molecule has 0 radical (unpaired) electrons. The average molecular weight is 395 g/mol. The zero-order valence-corrected chi connectivity index (χ0v) is 16.8. The summed E-state index contributed by atoms with van der Waals surface area (Å²) in [7, 11) is 2.09. The Morgan fingerprint density at radius 3 is 2.46 bits per heavy atom. The molecule has 1 aliphatic rings. The van der Waals surface area contributed by atoms with Crippen LogP contribution >= 0.6 is 11.6 Å². The summed E-state index contributed by atoms with van der Waals surface area (Å²) in [5, 5.41) is 4.33. The Balaban J connectivity index is 1.50. The van der Waals surface area contributed by atoms with Gasteiger partial charge >= 0.3 is 0 Å². The predicted octanol–water partition coefficient (Wildman–Crippen LogP) is 5.61. The summed E-state index contributed by atoms with van der Waals surface area (Å²) in [5.74, 6) is 3.37. The van der Waals surface area contributed by atoms with Crippen LogP contribution in [0, 0.1) is 6.92 Å². The fourth-order valence-electron chi connectivity index (χ4n) is 3.42. The van der Waals surface area contributed by atoms with Gasteiger partial charge in [-0.1, -0.05) is 11.6 Å². The van der Waals surface area contributed by atoms with Crippen LogP contribution in [-0.4, -0.2) is 23.6 Å². The SMILES string of the molecule is Cc1ncc2c(n1)N(C)CCCC2Nc1ccc(Oc2ccc(Cl)cc2)cc1. The molecule has 0 saturated carbocycles. The molecule has 6 heteroatoms. The second-order valence-corrected chi connectivity index (χ2v) is 7.47. The molecule has 1 N–H and O–H groups in total. The van der Waals surface area contributed by atoms with Crippen LogP contribution in [0.3, 0.4) is 0 Å². The molecule has 0 saturated heterocycles. The van der Waals surface area contributed by atoms with Crippen molar-refractivity contribution in [2.45, 2.75) is 25.8 Å². The number of aromatic nitrogens is 2. The molecule has 0 aliphatic carbocycles. The van der Waals surface area contributed by atoms with Gasteiger partial charge in [0.15, 0.2) is 0 Å². The molecule has 1 unspecified atom stereocenters. The van der Waals surface area contributed by atoms with Crippen molar-refractivity contribution in [3.05, 3.63) is 71.1 Å². The zero-order valence-electron chi connectivity index (χ0n) is 16.0. The second-order valence-electron chi connectivity index (χ2n) is 7.04. The number of halogens is 1. The Kier molecular flexibility index (Phi) is 5.35. The minimum absolute atomic E-state index is 0.184. The van der Waals surface area contributed by atoms with Crippen LogP contribution in [0.2, 0.25) is 5.02 Å². The van der Waals surface area contributed by atoms with Crippen LogP contribution in [0.5, 0.6) is 11.5 Å². The number of nitrogens with one attached hydrogen (secondary N) is 1. The van der Waals surface area contributed by atoms with Crippen molar-refractivity contribution in [2.24, 2.45) is 0 Å². The first-order valence-electron chi connectivity index (χ1n) is 9.43. The maximum absolute atomic E-state index is 5.92. The van der Waals surface area contributed by atoms with E-state index in [2.05, 4.69) is 27.2 Å². The van der Waals surface area contributed by atoms with Gasteiger partial charge in [-0.2, -0.15) is 0 Å². The number of hydrogen-bond donors (Lipinski definition) is 1. The van der Waals surface area contributed by atoms with Crippen LogP contribution in [0.4, 0.5) is 11.5 Å². The van der Waals surface area contributed by atoms with Gasteiger partial charge in [-0.3, -0.25) is 0 Å². The van der Waals surface area contributed by atoms with Crippen molar-refractivity contribution < 1.29 is 4.74 Å². The zero-order chi connectivity index (χ0) is 19.5. The highest BCUT2D eigenvalue weighted by atomic mass is 35.5. The molecule has 0 fully saturated rings. The number of fused-ring (bicyclic) bond motifs is 1. The van der Waals surface area contributed by atoms with Crippen molar-refractivity contribution in [3.63, 3.8) is 0 Å². The van der Waals surface area contributed by atoms with Crippen LogP contribution < -0.4 is 15.0 Å². The van der Waals surface area contributed by atoms with E-state index >= 15 is 0 Å². The lowest BCUT2D eigenvalue weighted by Crippen LogP contribution is -2.20. The third-order valence-electron chi connectivity index (χ3n) is 4.88. The number of nitrogens with zero attached hydrogens (tertiary/aromatic N) is 3. The lowest BCUT2D eigenvalue weighted by Gasteiger charge is -2.22. The maximum Gasteiger partial charge on any atom is 0.137 e. The van der Waals surface area contributed by atoms with Gasteiger partial charge in [0.05, 0.1) is 6.04 Å². The summed E-state index contributed by atoms with van der Waals surface area (Å²) < 4.78 is 5.87. The number of benzene rings is 2. The first-order valence-corrected chi connectivity index (χ1v) is 9.81. The van der Waals surface area contributed by atoms with Crippen LogP contribution in [-0.2, 0) is 0 Å². The number of rotatable bonds is 4. The van der Waals surface area contributed by atoms with E-state index in [1.165, 1.54) is 0 Å². The molecule has 1 aliphatic heterocycles.